The molecule has 1 heterocycles. The first-order valence-corrected chi connectivity index (χ1v) is 5.90. The minimum atomic E-state index is 0.766. The Balaban J connectivity index is 2.51. The van der Waals surface area contributed by atoms with E-state index in [-0.39, 0.29) is 0 Å². The van der Waals surface area contributed by atoms with Gasteiger partial charge in [0.15, 0.2) is 0 Å². The highest BCUT2D eigenvalue weighted by Gasteiger charge is 2.02. The Morgan fingerprint density at radius 3 is 2.89 bits per heavy atom. The van der Waals surface area contributed by atoms with Gasteiger partial charge in [0, 0.05) is 36.6 Å². The maximum absolute atomic E-state index is 5.62. The molecule has 0 aliphatic carbocycles. The van der Waals surface area contributed by atoms with Crippen LogP contribution < -0.4 is 11.1 Å². The van der Waals surface area contributed by atoms with Crippen LogP contribution in [0.2, 0.25) is 0 Å². The van der Waals surface area contributed by atoms with E-state index in [9.17, 15) is 0 Å². The third-order valence-corrected chi connectivity index (χ3v) is 2.75. The maximum atomic E-state index is 5.62. The Morgan fingerprint density at radius 1 is 1.37 bits per heavy atom. The highest BCUT2D eigenvalue weighted by Crippen LogP contribution is 2.21. The number of nitrogens with two attached hydrogens (primary N) is 1. The lowest BCUT2D eigenvalue weighted by molar-refractivity contribution is 1.34. The van der Waals surface area contributed by atoms with Gasteiger partial charge in [-0.15, -0.1) is 0 Å². The maximum Gasteiger partial charge on any atom is 0.130 e. The lowest BCUT2D eigenvalue weighted by Gasteiger charge is -2.06. The molecule has 0 saturated heterocycles. The molecule has 3 N–H and O–H groups in total. The van der Waals surface area contributed by atoms with E-state index in [0.717, 1.165) is 27.7 Å². The predicted octanol–water partition coefficient (Wildman–Crippen LogP) is 2.79. The number of nitrogens with one attached hydrogen (secondary N) is 1. The van der Waals surface area contributed by atoms with Crippen molar-refractivity contribution in [3.8, 4) is 0 Å². The van der Waals surface area contributed by atoms with E-state index in [1.54, 1.807) is 25.7 Å². The lowest BCUT2D eigenvalue weighted by Crippen LogP contribution is -1.93. The number of fused-ring (bicyclic) bond motifs is 1. The summed E-state index contributed by atoms with van der Waals surface area (Å²) in [6.45, 7) is 3.63. The zero-order valence-corrected chi connectivity index (χ0v) is 10.8. The number of hydrogen-bond donors (Lipinski definition) is 2. The van der Waals surface area contributed by atoms with Crippen LogP contribution in [-0.4, -0.2) is 18.2 Å². The van der Waals surface area contributed by atoms with Crippen LogP contribution in [0, 0.1) is 0 Å². The number of pyridine rings is 1. The van der Waals surface area contributed by atoms with Gasteiger partial charge in [-0.1, -0.05) is 18.7 Å². The molecular weight excluding hydrogens is 236 g/mol. The molecule has 0 radical (unpaired) electrons. The molecule has 0 fully saturated rings. The van der Waals surface area contributed by atoms with Crippen LogP contribution in [0.15, 0.2) is 54.4 Å². The van der Waals surface area contributed by atoms with Gasteiger partial charge in [-0.2, -0.15) is 0 Å². The standard InChI is InChI=1S/C15H16N4/c1-3-18-15-7-13-6-11(14(8-16)9-17-2)4-5-12(13)10-19-15/h3-10H,1,16H2,2H3,(H,18,19). The highest BCUT2D eigenvalue weighted by atomic mass is 15.0. The van der Waals surface area contributed by atoms with Crippen molar-refractivity contribution in [2.24, 2.45) is 10.7 Å². The number of aliphatic imine (C=N–C) groups is 1. The van der Waals surface area contributed by atoms with Gasteiger partial charge in [-0.25, -0.2) is 4.98 Å². The predicted molar refractivity (Wildman–Crippen MR) is 82.1 cm³/mol. The summed E-state index contributed by atoms with van der Waals surface area (Å²) in [6, 6.07) is 8.05. The summed E-state index contributed by atoms with van der Waals surface area (Å²) in [6.07, 6.45) is 6.72. The summed E-state index contributed by atoms with van der Waals surface area (Å²) in [5, 5.41) is 5.13. The second kappa shape index (κ2) is 5.82. The van der Waals surface area contributed by atoms with Crippen LogP contribution in [0.5, 0.6) is 0 Å². The zero-order valence-electron chi connectivity index (χ0n) is 10.8. The largest absolute Gasteiger partial charge is 0.404 e. The summed E-state index contributed by atoms with van der Waals surface area (Å²) in [5.41, 5.74) is 7.53. The normalized spacial score (nSPS) is 11.9. The first-order chi connectivity index (χ1) is 9.28. The van der Waals surface area contributed by atoms with Crippen LogP contribution in [0.25, 0.3) is 16.3 Å². The summed E-state index contributed by atoms with van der Waals surface area (Å²) < 4.78 is 0. The van der Waals surface area contributed by atoms with Crippen molar-refractivity contribution in [2.45, 2.75) is 0 Å². The number of allylic oxidation sites excluding steroid dienone is 1. The Hall–Kier alpha value is -2.62. The van der Waals surface area contributed by atoms with E-state index in [1.165, 1.54) is 0 Å². The average molecular weight is 252 g/mol. The monoisotopic (exact) mass is 252 g/mol. The Bertz CT molecular complexity index is 656. The molecule has 2 rings (SSSR count). The number of rotatable bonds is 4. The van der Waals surface area contributed by atoms with Crippen molar-refractivity contribution in [1.82, 2.24) is 4.98 Å². The fourth-order valence-electron chi connectivity index (χ4n) is 1.86. The fraction of sp³-hybridized carbons (Fsp3) is 0.0667. The van der Waals surface area contributed by atoms with E-state index >= 15 is 0 Å². The molecule has 1 aromatic heterocycles. The third-order valence-electron chi connectivity index (χ3n) is 2.75. The summed E-state index contributed by atoms with van der Waals surface area (Å²) in [4.78, 5) is 8.28. The molecule has 2 aromatic rings. The molecule has 4 nitrogen and oxygen atoms in total. The molecule has 4 heteroatoms. The lowest BCUT2D eigenvalue weighted by atomic mass is 10.0. The van der Waals surface area contributed by atoms with Gasteiger partial charge in [0.25, 0.3) is 0 Å². The minimum absolute atomic E-state index is 0.766. The molecule has 0 aliphatic heterocycles. The number of anilines is 1. The van der Waals surface area contributed by atoms with Crippen LogP contribution in [0.1, 0.15) is 5.56 Å². The van der Waals surface area contributed by atoms with Crippen molar-refractivity contribution >= 4 is 28.4 Å². The fourth-order valence-corrected chi connectivity index (χ4v) is 1.86. The number of nitrogens with zero attached hydrogens (tertiary/aromatic N) is 2. The summed E-state index contributed by atoms with van der Waals surface area (Å²) in [7, 11) is 1.72. The van der Waals surface area contributed by atoms with Gasteiger partial charge >= 0.3 is 0 Å². The molecule has 0 saturated carbocycles. The van der Waals surface area contributed by atoms with Crippen LogP contribution in [0.4, 0.5) is 5.82 Å². The third kappa shape index (κ3) is 2.80. The molecule has 1 aromatic carbocycles. The van der Waals surface area contributed by atoms with Gasteiger partial charge in [0.05, 0.1) is 0 Å². The average Bonchev–Trinajstić information content (AvgIpc) is 2.44. The zero-order chi connectivity index (χ0) is 13.7. The Morgan fingerprint density at radius 2 is 2.21 bits per heavy atom. The number of benzene rings is 1. The van der Waals surface area contributed by atoms with Crippen molar-refractivity contribution in [2.75, 3.05) is 12.4 Å². The molecule has 0 spiro atoms. The second-order valence-corrected chi connectivity index (χ2v) is 3.99. The van der Waals surface area contributed by atoms with E-state index in [2.05, 4.69) is 27.9 Å². The molecular formula is C15H16N4. The van der Waals surface area contributed by atoms with Crippen molar-refractivity contribution in [1.29, 1.82) is 0 Å². The van der Waals surface area contributed by atoms with Crippen LogP contribution in [-0.2, 0) is 0 Å². The molecule has 0 unspecified atom stereocenters. The van der Waals surface area contributed by atoms with Crippen LogP contribution >= 0.6 is 0 Å². The van der Waals surface area contributed by atoms with Gasteiger partial charge in [0.2, 0.25) is 0 Å². The molecule has 0 atom stereocenters. The smallest absolute Gasteiger partial charge is 0.130 e. The van der Waals surface area contributed by atoms with Crippen LogP contribution in [0.3, 0.4) is 0 Å². The minimum Gasteiger partial charge on any atom is -0.404 e. The van der Waals surface area contributed by atoms with Crippen molar-refractivity contribution in [3.63, 3.8) is 0 Å². The first kappa shape index (κ1) is 12.8. The van der Waals surface area contributed by atoms with Gasteiger partial charge < -0.3 is 11.1 Å². The van der Waals surface area contributed by atoms with Gasteiger partial charge in [-0.05, 0) is 29.3 Å². The van der Waals surface area contributed by atoms with Gasteiger partial charge in [-0.3, -0.25) is 4.99 Å². The highest BCUT2D eigenvalue weighted by molar-refractivity contribution is 6.10. The molecule has 96 valence electrons. The van der Waals surface area contributed by atoms with E-state index in [4.69, 9.17) is 5.73 Å². The summed E-state index contributed by atoms with van der Waals surface area (Å²) in [5.74, 6) is 0.766. The Labute approximate surface area is 112 Å². The molecule has 0 bridgehead atoms. The number of aromatic nitrogens is 1. The molecule has 0 amide bonds. The molecule has 0 aliphatic rings. The quantitative estimate of drug-likeness (QED) is 0.822. The first-order valence-electron chi connectivity index (χ1n) is 5.90. The van der Waals surface area contributed by atoms with Crippen molar-refractivity contribution < 1.29 is 0 Å². The molecule has 19 heavy (non-hydrogen) atoms. The second-order valence-electron chi connectivity index (χ2n) is 3.99. The van der Waals surface area contributed by atoms with E-state index in [0.29, 0.717) is 0 Å². The van der Waals surface area contributed by atoms with Crippen molar-refractivity contribution in [3.05, 3.63) is 55.0 Å². The SMILES string of the molecule is C=CNc1cc2cc(C(C=NC)=CN)ccc2cn1. The summed E-state index contributed by atoms with van der Waals surface area (Å²) >= 11 is 0. The Kier molecular flexibility index (Phi) is 3.93. The van der Waals surface area contributed by atoms with E-state index < -0.39 is 0 Å². The topological polar surface area (TPSA) is 63.3 Å². The van der Waals surface area contributed by atoms with E-state index in [1.807, 2.05) is 24.4 Å². The van der Waals surface area contributed by atoms with Gasteiger partial charge in [0.1, 0.15) is 5.82 Å². The number of hydrogen-bond acceptors (Lipinski definition) is 4.